The maximum Gasteiger partial charge on any atom is 0.0998 e. The van der Waals surface area contributed by atoms with Crippen LogP contribution in [0.25, 0.3) is 0 Å². The summed E-state index contributed by atoms with van der Waals surface area (Å²) in [5.41, 5.74) is 0.768. The average Bonchev–Trinajstić information content (AvgIpc) is 2.85. The summed E-state index contributed by atoms with van der Waals surface area (Å²) >= 11 is 1.60. The van der Waals surface area contributed by atoms with Gasteiger partial charge in [-0.2, -0.15) is 0 Å². The molecule has 1 N–H and O–H groups in total. The van der Waals surface area contributed by atoms with E-state index in [-0.39, 0.29) is 11.5 Å². The first-order valence-electron chi connectivity index (χ1n) is 7.00. The number of hydrogen-bond acceptors (Lipinski definition) is 5. The Balaban J connectivity index is 1.70. The Labute approximate surface area is 117 Å². The molecule has 4 nitrogen and oxygen atoms in total. The molecular weight excluding hydrogens is 262 g/mol. The summed E-state index contributed by atoms with van der Waals surface area (Å²) in [7, 11) is 0. The van der Waals surface area contributed by atoms with E-state index in [1.54, 1.807) is 11.3 Å². The highest BCUT2D eigenvalue weighted by molar-refractivity contribution is 7.09. The molecule has 0 aromatic carbocycles. The molecule has 1 spiro atoms. The molecule has 2 aliphatic rings. The van der Waals surface area contributed by atoms with Gasteiger partial charge in [-0.1, -0.05) is 0 Å². The standard InChI is InChI=1S/C14H21NO3S/c1-10-15-12(9-19-10)13(16)11-2-5-18-14(8-11)3-6-17-7-4-14/h9,11,13,16H,2-8H2,1H3. The first-order valence-corrected chi connectivity index (χ1v) is 7.88. The number of ether oxygens (including phenoxy) is 2. The van der Waals surface area contributed by atoms with E-state index in [1.807, 2.05) is 12.3 Å². The Hall–Kier alpha value is -0.490. The summed E-state index contributed by atoms with van der Waals surface area (Å²) in [6.45, 7) is 4.27. The molecule has 0 aliphatic carbocycles. The lowest BCUT2D eigenvalue weighted by Crippen LogP contribution is -2.45. The van der Waals surface area contributed by atoms with Gasteiger partial charge in [0.25, 0.3) is 0 Å². The zero-order valence-electron chi connectivity index (χ0n) is 11.3. The predicted molar refractivity (Wildman–Crippen MR) is 73.3 cm³/mol. The number of aliphatic hydroxyl groups excluding tert-OH is 1. The third-order valence-electron chi connectivity index (χ3n) is 4.32. The topological polar surface area (TPSA) is 51.6 Å². The molecule has 2 saturated heterocycles. The van der Waals surface area contributed by atoms with Crippen molar-refractivity contribution in [3.8, 4) is 0 Å². The number of hydrogen-bond donors (Lipinski definition) is 1. The van der Waals surface area contributed by atoms with Gasteiger partial charge in [-0.3, -0.25) is 0 Å². The van der Waals surface area contributed by atoms with E-state index in [4.69, 9.17) is 9.47 Å². The van der Waals surface area contributed by atoms with Gasteiger partial charge in [0.2, 0.25) is 0 Å². The first kappa shape index (κ1) is 13.5. The molecule has 0 amide bonds. The Kier molecular flexibility index (Phi) is 3.89. The van der Waals surface area contributed by atoms with E-state index in [2.05, 4.69) is 4.98 Å². The lowest BCUT2D eigenvalue weighted by atomic mass is 9.78. The van der Waals surface area contributed by atoms with Crippen molar-refractivity contribution >= 4 is 11.3 Å². The first-order chi connectivity index (χ1) is 9.19. The van der Waals surface area contributed by atoms with Gasteiger partial charge in [-0.05, 0) is 38.5 Å². The highest BCUT2D eigenvalue weighted by atomic mass is 32.1. The maximum absolute atomic E-state index is 10.5. The molecule has 2 aliphatic heterocycles. The number of aryl methyl sites for hydroxylation is 1. The van der Waals surface area contributed by atoms with Crippen LogP contribution in [0.3, 0.4) is 0 Å². The third kappa shape index (κ3) is 2.84. The molecule has 0 bridgehead atoms. The van der Waals surface area contributed by atoms with Crippen LogP contribution in [0.1, 0.15) is 42.5 Å². The fourth-order valence-corrected chi connectivity index (χ4v) is 3.83. The van der Waals surface area contributed by atoms with E-state index in [0.717, 1.165) is 56.2 Å². The molecule has 3 heterocycles. The van der Waals surface area contributed by atoms with Crippen molar-refractivity contribution in [1.82, 2.24) is 4.98 Å². The second-order valence-corrected chi connectivity index (χ2v) is 6.70. The summed E-state index contributed by atoms with van der Waals surface area (Å²) in [6, 6.07) is 0. The molecule has 0 radical (unpaired) electrons. The van der Waals surface area contributed by atoms with Crippen molar-refractivity contribution in [1.29, 1.82) is 0 Å². The van der Waals surface area contributed by atoms with Crippen molar-refractivity contribution in [3.63, 3.8) is 0 Å². The summed E-state index contributed by atoms with van der Waals surface area (Å²) in [5, 5.41) is 13.5. The number of nitrogens with zero attached hydrogens (tertiary/aromatic N) is 1. The minimum atomic E-state index is -0.450. The van der Waals surface area contributed by atoms with E-state index < -0.39 is 6.10 Å². The van der Waals surface area contributed by atoms with Crippen LogP contribution in [0.2, 0.25) is 0 Å². The summed E-state index contributed by atoms with van der Waals surface area (Å²) < 4.78 is 11.4. The fraction of sp³-hybridized carbons (Fsp3) is 0.786. The highest BCUT2D eigenvalue weighted by Crippen LogP contribution is 2.41. The van der Waals surface area contributed by atoms with Gasteiger partial charge in [0.15, 0.2) is 0 Å². The average molecular weight is 283 g/mol. The quantitative estimate of drug-likeness (QED) is 0.906. The van der Waals surface area contributed by atoms with E-state index in [1.165, 1.54) is 0 Å². The highest BCUT2D eigenvalue weighted by Gasteiger charge is 2.41. The molecular formula is C14H21NO3S. The van der Waals surface area contributed by atoms with E-state index in [0.29, 0.717) is 0 Å². The number of aromatic nitrogens is 1. The molecule has 1 aromatic rings. The van der Waals surface area contributed by atoms with Crippen LogP contribution in [0.5, 0.6) is 0 Å². The van der Waals surface area contributed by atoms with Crippen LogP contribution in [0, 0.1) is 12.8 Å². The minimum absolute atomic E-state index is 0.0623. The van der Waals surface area contributed by atoms with Crippen molar-refractivity contribution in [2.24, 2.45) is 5.92 Å². The molecule has 2 atom stereocenters. The Bertz CT molecular complexity index is 423. The van der Waals surface area contributed by atoms with E-state index in [9.17, 15) is 5.11 Å². The van der Waals surface area contributed by atoms with Gasteiger partial charge in [0, 0.05) is 25.2 Å². The second-order valence-electron chi connectivity index (χ2n) is 5.63. The molecule has 2 fully saturated rings. The van der Waals surface area contributed by atoms with Crippen LogP contribution in [-0.4, -0.2) is 35.5 Å². The Morgan fingerprint density at radius 3 is 2.89 bits per heavy atom. The minimum Gasteiger partial charge on any atom is -0.386 e. The van der Waals surface area contributed by atoms with Crippen molar-refractivity contribution in [2.75, 3.05) is 19.8 Å². The van der Waals surface area contributed by atoms with Crippen LogP contribution in [0.15, 0.2) is 5.38 Å². The smallest absolute Gasteiger partial charge is 0.0998 e. The lowest BCUT2D eigenvalue weighted by molar-refractivity contribution is -0.159. The third-order valence-corrected chi connectivity index (χ3v) is 5.11. The SMILES string of the molecule is Cc1nc(C(O)C2CCOC3(CCOCC3)C2)cs1. The molecule has 1 aromatic heterocycles. The van der Waals surface area contributed by atoms with E-state index >= 15 is 0 Å². The van der Waals surface area contributed by atoms with Crippen LogP contribution in [0.4, 0.5) is 0 Å². The van der Waals surface area contributed by atoms with Gasteiger partial charge in [-0.15, -0.1) is 11.3 Å². The molecule has 3 rings (SSSR count). The van der Waals surface area contributed by atoms with Crippen LogP contribution in [-0.2, 0) is 9.47 Å². The fourth-order valence-electron chi connectivity index (χ4n) is 3.18. The van der Waals surface area contributed by atoms with Gasteiger partial charge in [0.1, 0.15) is 0 Å². The van der Waals surface area contributed by atoms with Gasteiger partial charge in [0.05, 0.1) is 22.4 Å². The van der Waals surface area contributed by atoms with Gasteiger partial charge in [-0.25, -0.2) is 4.98 Å². The monoisotopic (exact) mass is 283 g/mol. The second kappa shape index (κ2) is 5.48. The molecule has 5 heteroatoms. The van der Waals surface area contributed by atoms with Crippen molar-refractivity contribution < 1.29 is 14.6 Å². The summed E-state index contributed by atoms with van der Waals surface area (Å²) in [5.74, 6) is 0.258. The molecule has 19 heavy (non-hydrogen) atoms. The maximum atomic E-state index is 10.5. The molecule has 2 unspecified atom stereocenters. The zero-order chi connectivity index (χ0) is 13.3. The Morgan fingerprint density at radius 1 is 1.42 bits per heavy atom. The lowest BCUT2D eigenvalue weighted by Gasteiger charge is -2.44. The van der Waals surface area contributed by atoms with Gasteiger partial charge >= 0.3 is 0 Å². The van der Waals surface area contributed by atoms with Crippen LogP contribution >= 0.6 is 11.3 Å². The molecule has 106 valence electrons. The largest absolute Gasteiger partial charge is 0.386 e. The van der Waals surface area contributed by atoms with Crippen molar-refractivity contribution in [2.45, 2.75) is 44.3 Å². The zero-order valence-corrected chi connectivity index (χ0v) is 12.1. The molecule has 0 saturated carbocycles. The Morgan fingerprint density at radius 2 is 2.21 bits per heavy atom. The normalized spacial score (nSPS) is 28.4. The summed E-state index contributed by atoms with van der Waals surface area (Å²) in [4.78, 5) is 4.42. The number of rotatable bonds is 2. The predicted octanol–water partition coefficient (Wildman–Crippen LogP) is 2.46. The number of thiazole rings is 1. The van der Waals surface area contributed by atoms with Gasteiger partial charge < -0.3 is 14.6 Å². The van der Waals surface area contributed by atoms with Crippen molar-refractivity contribution in [3.05, 3.63) is 16.1 Å². The number of aliphatic hydroxyl groups is 1. The van der Waals surface area contributed by atoms with Crippen LogP contribution < -0.4 is 0 Å². The summed E-state index contributed by atoms with van der Waals surface area (Å²) in [6.07, 6.45) is 3.29.